The first kappa shape index (κ1) is 15.1. The van der Waals surface area contributed by atoms with E-state index in [9.17, 15) is 9.59 Å². The van der Waals surface area contributed by atoms with E-state index in [1.54, 1.807) is 24.3 Å². The summed E-state index contributed by atoms with van der Waals surface area (Å²) in [4.78, 5) is 27.9. The van der Waals surface area contributed by atoms with Crippen molar-refractivity contribution in [3.05, 3.63) is 88.5 Å². The average Bonchev–Trinajstić information content (AvgIpc) is 2.66. The van der Waals surface area contributed by atoms with Crippen LogP contribution in [0.4, 0.5) is 0 Å². The van der Waals surface area contributed by atoms with Gasteiger partial charge in [0.05, 0.1) is 0 Å². The molecule has 0 saturated carbocycles. The Morgan fingerprint density at radius 3 is 2.72 bits per heavy atom. The first-order valence-corrected chi connectivity index (χ1v) is 7.75. The Hall–Kier alpha value is -3.47. The smallest absolute Gasteiger partial charge is 0.357 e. The maximum absolute atomic E-state index is 12.1. The SMILES string of the molecule is O=C(OCc1cc(=O)oc2ccc3ccccc3c12)c1ccccn1. The van der Waals surface area contributed by atoms with Crippen molar-refractivity contribution in [1.29, 1.82) is 0 Å². The van der Waals surface area contributed by atoms with Crippen LogP contribution in [-0.4, -0.2) is 11.0 Å². The van der Waals surface area contributed by atoms with Crippen molar-refractivity contribution in [2.45, 2.75) is 6.61 Å². The van der Waals surface area contributed by atoms with Gasteiger partial charge in [0.1, 0.15) is 17.9 Å². The van der Waals surface area contributed by atoms with Crippen molar-refractivity contribution in [3.63, 3.8) is 0 Å². The number of nitrogens with zero attached hydrogens (tertiary/aromatic N) is 1. The van der Waals surface area contributed by atoms with Gasteiger partial charge in [0, 0.05) is 23.2 Å². The predicted molar refractivity (Wildman–Crippen MR) is 93.3 cm³/mol. The minimum absolute atomic E-state index is 0.0362. The first-order chi connectivity index (χ1) is 12.2. The van der Waals surface area contributed by atoms with E-state index in [0.29, 0.717) is 11.1 Å². The highest BCUT2D eigenvalue weighted by Crippen LogP contribution is 2.27. The van der Waals surface area contributed by atoms with Crippen molar-refractivity contribution in [2.75, 3.05) is 0 Å². The molecule has 0 fully saturated rings. The molecule has 0 atom stereocenters. The first-order valence-electron chi connectivity index (χ1n) is 7.75. The summed E-state index contributed by atoms with van der Waals surface area (Å²) in [7, 11) is 0. The Labute approximate surface area is 142 Å². The molecule has 4 rings (SSSR count). The number of fused-ring (bicyclic) bond motifs is 3. The van der Waals surface area contributed by atoms with E-state index in [-0.39, 0.29) is 12.3 Å². The molecule has 0 unspecified atom stereocenters. The number of rotatable bonds is 3. The molecule has 0 aliphatic rings. The molecule has 0 bridgehead atoms. The third-order valence-corrected chi connectivity index (χ3v) is 3.95. The number of benzene rings is 2. The fraction of sp³-hybridized carbons (Fsp3) is 0.0500. The molecule has 5 nitrogen and oxygen atoms in total. The topological polar surface area (TPSA) is 69.4 Å². The van der Waals surface area contributed by atoms with Crippen LogP contribution in [0.3, 0.4) is 0 Å². The zero-order valence-electron chi connectivity index (χ0n) is 13.1. The third kappa shape index (κ3) is 2.87. The van der Waals surface area contributed by atoms with Crippen molar-refractivity contribution >= 4 is 27.7 Å². The molecule has 0 radical (unpaired) electrons. The van der Waals surface area contributed by atoms with Crippen LogP contribution in [-0.2, 0) is 11.3 Å². The van der Waals surface area contributed by atoms with Gasteiger partial charge in [-0.3, -0.25) is 0 Å². The second-order valence-electron chi connectivity index (χ2n) is 5.54. The molecule has 0 N–H and O–H groups in total. The number of ether oxygens (including phenoxy) is 1. The van der Waals surface area contributed by atoms with Gasteiger partial charge in [-0.2, -0.15) is 0 Å². The number of aromatic nitrogens is 1. The molecule has 122 valence electrons. The Balaban J connectivity index is 1.77. The van der Waals surface area contributed by atoms with Crippen LogP contribution in [0.1, 0.15) is 16.1 Å². The van der Waals surface area contributed by atoms with Gasteiger partial charge in [0.25, 0.3) is 0 Å². The number of hydrogen-bond acceptors (Lipinski definition) is 5. The van der Waals surface area contributed by atoms with Crippen LogP contribution in [0, 0.1) is 0 Å². The molecule has 4 aromatic rings. The van der Waals surface area contributed by atoms with Gasteiger partial charge in [0.15, 0.2) is 0 Å². The number of carbonyl (C=O) groups excluding carboxylic acids is 1. The van der Waals surface area contributed by atoms with Crippen molar-refractivity contribution in [3.8, 4) is 0 Å². The van der Waals surface area contributed by atoms with Crippen molar-refractivity contribution < 1.29 is 13.9 Å². The minimum atomic E-state index is -0.540. The number of pyridine rings is 1. The molecule has 0 spiro atoms. The lowest BCUT2D eigenvalue weighted by atomic mass is 10.0. The van der Waals surface area contributed by atoms with Gasteiger partial charge in [-0.15, -0.1) is 0 Å². The van der Waals surface area contributed by atoms with Gasteiger partial charge >= 0.3 is 11.6 Å². The molecule has 2 aromatic carbocycles. The highest BCUT2D eigenvalue weighted by molar-refractivity contribution is 6.07. The van der Waals surface area contributed by atoms with E-state index in [1.165, 1.54) is 12.3 Å². The van der Waals surface area contributed by atoms with E-state index in [4.69, 9.17) is 9.15 Å². The summed E-state index contributed by atoms with van der Waals surface area (Å²) in [6.45, 7) is -0.0362. The summed E-state index contributed by atoms with van der Waals surface area (Å²) < 4.78 is 10.6. The lowest BCUT2D eigenvalue weighted by Gasteiger charge is -2.09. The average molecular weight is 331 g/mol. The minimum Gasteiger partial charge on any atom is -0.456 e. The fourth-order valence-corrected chi connectivity index (χ4v) is 2.83. The summed E-state index contributed by atoms with van der Waals surface area (Å²) in [5.74, 6) is -0.540. The van der Waals surface area contributed by atoms with E-state index in [2.05, 4.69) is 4.98 Å². The Bertz CT molecular complexity index is 1130. The molecule has 25 heavy (non-hydrogen) atoms. The van der Waals surface area contributed by atoms with Crippen molar-refractivity contribution in [2.24, 2.45) is 0 Å². The van der Waals surface area contributed by atoms with Crippen LogP contribution in [0.2, 0.25) is 0 Å². The molecule has 2 heterocycles. The maximum atomic E-state index is 12.1. The third-order valence-electron chi connectivity index (χ3n) is 3.95. The van der Waals surface area contributed by atoms with Crippen LogP contribution in [0.5, 0.6) is 0 Å². The van der Waals surface area contributed by atoms with Crippen LogP contribution < -0.4 is 5.63 Å². The van der Waals surface area contributed by atoms with E-state index in [1.807, 2.05) is 30.3 Å². The zero-order chi connectivity index (χ0) is 17.2. The Morgan fingerprint density at radius 1 is 1.04 bits per heavy atom. The summed E-state index contributed by atoms with van der Waals surface area (Å²) in [5.41, 5.74) is 0.814. The molecule has 0 aliphatic heterocycles. The molecule has 2 aromatic heterocycles. The largest absolute Gasteiger partial charge is 0.456 e. The number of carbonyl (C=O) groups is 1. The van der Waals surface area contributed by atoms with Crippen LogP contribution in [0.25, 0.3) is 21.7 Å². The molecule has 5 heteroatoms. The lowest BCUT2D eigenvalue weighted by Crippen LogP contribution is -2.09. The lowest BCUT2D eigenvalue weighted by molar-refractivity contribution is 0.0467. The van der Waals surface area contributed by atoms with Gasteiger partial charge < -0.3 is 9.15 Å². The van der Waals surface area contributed by atoms with Crippen LogP contribution in [0.15, 0.2) is 76.1 Å². The summed E-state index contributed by atoms with van der Waals surface area (Å²) in [6.07, 6.45) is 1.52. The predicted octanol–water partition coefficient (Wildman–Crippen LogP) is 3.70. The molecular formula is C20H13NO4. The second-order valence-corrected chi connectivity index (χ2v) is 5.54. The second kappa shape index (κ2) is 6.20. The molecule has 0 aliphatic carbocycles. The summed E-state index contributed by atoms with van der Waals surface area (Å²) >= 11 is 0. The zero-order valence-corrected chi connectivity index (χ0v) is 13.1. The quantitative estimate of drug-likeness (QED) is 0.325. The van der Waals surface area contributed by atoms with E-state index >= 15 is 0 Å². The monoisotopic (exact) mass is 331 g/mol. The van der Waals surface area contributed by atoms with Gasteiger partial charge in [-0.1, -0.05) is 36.4 Å². The highest BCUT2D eigenvalue weighted by atomic mass is 16.5. The molecule has 0 amide bonds. The van der Waals surface area contributed by atoms with Crippen molar-refractivity contribution in [1.82, 2.24) is 4.98 Å². The standard InChI is InChI=1S/C20H13NO4/c22-18-11-14(12-24-20(23)16-7-3-4-10-21-16)19-15-6-2-1-5-13(15)8-9-17(19)25-18/h1-11H,12H2. The Morgan fingerprint density at radius 2 is 1.88 bits per heavy atom. The number of esters is 1. The van der Waals surface area contributed by atoms with E-state index < -0.39 is 11.6 Å². The number of hydrogen-bond donors (Lipinski definition) is 0. The van der Waals surface area contributed by atoms with Gasteiger partial charge in [-0.25, -0.2) is 14.6 Å². The highest BCUT2D eigenvalue weighted by Gasteiger charge is 2.13. The summed E-state index contributed by atoms with van der Waals surface area (Å²) in [5, 5.41) is 2.72. The van der Waals surface area contributed by atoms with Gasteiger partial charge in [-0.05, 0) is 29.0 Å². The van der Waals surface area contributed by atoms with E-state index in [0.717, 1.165) is 16.2 Å². The van der Waals surface area contributed by atoms with Crippen LogP contribution >= 0.6 is 0 Å². The summed E-state index contributed by atoms with van der Waals surface area (Å²) in [6, 6.07) is 17.8. The van der Waals surface area contributed by atoms with Gasteiger partial charge in [0.2, 0.25) is 0 Å². The fourth-order valence-electron chi connectivity index (χ4n) is 2.83. The molecule has 0 saturated heterocycles. The maximum Gasteiger partial charge on any atom is 0.357 e. The molecular weight excluding hydrogens is 318 g/mol. The Kier molecular flexibility index (Phi) is 3.74. The normalized spacial score (nSPS) is 10.9.